The summed E-state index contributed by atoms with van der Waals surface area (Å²) < 4.78 is 13.2. The first-order chi connectivity index (χ1) is 10.6. The van der Waals surface area contributed by atoms with Crippen LogP contribution < -0.4 is 5.32 Å². The van der Waals surface area contributed by atoms with E-state index in [1.54, 1.807) is 31.3 Å². The van der Waals surface area contributed by atoms with Crippen LogP contribution in [0, 0.1) is 12.7 Å². The van der Waals surface area contributed by atoms with Crippen LogP contribution in [0.15, 0.2) is 54.7 Å². The number of benzene rings is 2. The summed E-state index contributed by atoms with van der Waals surface area (Å²) in [5.41, 5.74) is 2.81. The minimum absolute atomic E-state index is 0.166. The van der Waals surface area contributed by atoms with Gasteiger partial charge in [0.25, 0.3) is 5.91 Å². The Bertz CT molecular complexity index is 840. The minimum Gasteiger partial charge on any atom is -0.348 e. The third-order valence-electron chi connectivity index (χ3n) is 3.57. The number of amides is 1. The highest BCUT2D eigenvalue weighted by Crippen LogP contribution is 2.16. The minimum atomic E-state index is -0.241. The summed E-state index contributed by atoms with van der Waals surface area (Å²) in [6, 6.07) is 14.0. The molecule has 3 nitrogen and oxygen atoms in total. The van der Waals surface area contributed by atoms with E-state index >= 15 is 0 Å². The fourth-order valence-electron chi connectivity index (χ4n) is 2.39. The molecule has 2 aromatic carbocycles. The van der Waals surface area contributed by atoms with Crippen molar-refractivity contribution in [3.8, 4) is 0 Å². The standard InChI is InChI=1S/C18H15FN2O/c1-12-10-13(6-7-16(12)19)11-21-18(22)15-8-9-20-17-5-3-2-4-14(15)17/h2-10H,11H2,1H3,(H,21,22). The van der Waals surface area contributed by atoms with E-state index in [-0.39, 0.29) is 11.7 Å². The summed E-state index contributed by atoms with van der Waals surface area (Å²) in [5.74, 6) is -0.407. The molecule has 110 valence electrons. The quantitative estimate of drug-likeness (QED) is 0.801. The number of carbonyl (C=O) groups excluding carboxylic acids is 1. The van der Waals surface area contributed by atoms with E-state index in [0.717, 1.165) is 16.5 Å². The topological polar surface area (TPSA) is 42.0 Å². The molecule has 0 atom stereocenters. The predicted octanol–water partition coefficient (Wildman–Crippen LogP) is 3.61. The van der Waals surface area contributed by atoms with Crippen LogP contribution in [0.1, 0.15) is 21.5 Å². The van der Waals surface area contributed by atoms with Crippen LogP contribution in [0.25, 0.3) is 10.9 Å². The van der Waals surface area contributed by atoms with Gasteiger partial charge in [-0.15, -0.1) is 0 Å². The lowest BCUT2D eigenvalue weighted by Crippen LogP contribution is -2.23. The average Bonchev–Trinajstić information content (AvgIpc) is 2.55. The number of halogens is 1. The Balaban J connectivity index is 1.80. The fraction of sp³-hybridized carbons (Fsp3) is 0.111. The summed E-state index contributed by atoms with van der Waals surface area (Å²) in [6.45, 7) is 2.06. The van der Waals surface area contributed by atoms with Crippen LogP contribution in [0.4, 0.5) is 4.39 Å². The van der Waals surface area contributed by atoms with E-state index in [9.17, 15) is 9.18 Å². The van der Waals surface area contributed by atoms with Gasteiger partial charge in [0, 0.05) is 18.1 Å². The van der Waals surface area contributed by atoms with Gasteiger partial charge in [-0.1, -0.05) is 30.3 Å². The second-order valence-corrected chi connectivity index (χ2v) is 5.14. The predicted molar refractivity (Wildman–Crippen MR) is 84.1 cm³/mol. The van der Waals surface area contributed by atoms with Crippen molar-refractivity contribution in [1.29, 1.82) is 0 Å². The van der Waals surface area contributed by atoms with Crippen LogP contribution in [0.3, 0.4) is 0 Å². The molecule has 1 aromatic heterocycles. The fourth-order valence-corrected chi connectivity index (χ4v) is 2.39. The average molecular weight is 294 g/mol. The molecule has 0 aliphatic carbocycles. The normalized spacial score (nSPS) is 10.6. The summed E-state index contributed by atoms with van der Waals surface area (Å²) in [5, 5.41) is 3.68. The van der Waals surface area contributed by atoms with Crippen molar-refractivity contribution in [1.82, 2.24) is 10.3 Å². The maximum absolute atomic E-state index is 13.2. The van der Waals surface area contributed by atoms with E-state index in [4.69, 9.17) is 0 Å². The highest BCUT2D eigenvalue weighted by atomic mass is 19.1. The molecular weight excluding hydrogens is 279 g/mol. The van der Waals surface area contributed by atoms with Gasteiger partial charge in [0.1, 0.15) is 5.82 Å². The van der Waals surface area contributed by atoms with E-state index in [2.05, 4.69) is 10.3 Å². The molecule has 0 bridgehead atoms. The highest BCUT2D eigenvalue weighted by Gasteiger charge is 2.10. The van der Waals surface area contributed by atoms with Gasteiger partial charge in [-0.2, -0.15) is 0 Å². The van der Waals surface area contributed by atoms with Crippen LogP contribution in [-0.4, -0.2) is 10.9 Å². The molecule has 0 unspecified atom stereocenters. The molecule has 3 aromatic rings. The number of rotatable bonds is 3. The lowest BCUT2D eigenvalue weighted by Gasteiger charge is -2.08. The van der Waals surface area contributed by atoms with Crippen molar-refractivity contribution in [2.75, 3.05) is 0 Å². The molecule has 1 amide bonds. The number of nitrogens with zero attached hydrogens (tertiary/aromatic N) is 1. The second kappa shape index (κ2) is 5.93. The third kappa shape index (κ3) is 2.81. The van der Waals surface area contributed by atoms with Crippen molar-refractivity contribution in [3.63, 3.8) is 0 Å². The Morgan fingerprint density at radius 1 is 1.18 bits per heavy atom. The molecule has 1 N–H and O–H groups in total. The molecule has 1 heterocycles. The summed E-state index contributed by atoms with van der Waals surface area (Å²) in [7, 11) is 0. The van der Waals surface area contributed by atoms with E-state index in [1.165, 1.54) is 6.07 Å². The zero-order chi connectivity index (χ0) is 15.5. The summed E-state index contributed by atoms with van der Waals surface area (Å²) >= 11 is 0. The molecule has 22 heavy (non-hydrogen) atoms. The number of pyridine rings is 1. The molecule has 0 aliphatic heterocycles. The molecule has 0 saturated heterocycles. The molecule has 0 fully saturated rings. The Morgan fingerprint density at radius 2 is 2.00 bits per heavy atom. The van der Waals surface area contributed by atoms with Crippen molar-refractivity contribution in [3.05, 3.63) is 77.2 Å². The highest BCUT2D eigenvalue weighted by molar-refractivity contribution is 6.05. The molecule has 0 spiro atoms. The van der Waals surface area contributed by atoms with Gasteiger partial charge in [-0.05, 0) is 36.2 Å². The van der Waals surface area contributed by atoms with E-state index < -0.39 is 0 Å². The second-order valence-electron chi connectivity index (χ2n) is 5.14. The molecule has 0 aliphatic rings. The number of hydrogen-bond donors (Lipinski definition) is 1. The largest absolute Gasteiger partial charge is 0.348 e. The maximum atomic E-state index is 13.2. The lowest BCUT2D eigenvalue weighted by molar-refractivity contribution is 0.0952. The van der Waals surface area contributed by atoms with E-state index in [0.29, 0.717) is 17.7 Å². The Morgan fingerprint density at radius 3 is 2.82 bits per heavy atom. The van der Waals surface area contributed by atoms with Crippen molar-refractivity contribution in [2.45, 2.75) is 13.5 Å². The number of hydrogen-bond acceptors (Lipinski definition) is 2. The Hall–Kier alpha value is -2.75. The lowest BCUT2D eigenvalue weighted by atomic mass is 10.1. The Kier molecular flexibility index (Phi) is 3.83. The summed E-state index contributed by atoms with van der Waals surface area (Å²) in [6.07, 6.45) is 1.62. The van der Waals surface area contributed by atoms with Crippen LogP contribution in [0.5, 0.6) is 0 Å². The molecule has 0 saturated carbocycles. The Labute approximate surface area is 127 Å². The smallest absolute Gasteiger partial charge is 0.252 e. The molecule has 4 heteroatoms. The van der Waals surface area contributed by atoms with Crippen molar-refractivity contribution in [2.24, 2.45) is 0 Å². The first kappa shape index (κ1) is 14.2. The molecule has 3 rings (SSSR count). The SMILES string of the molecule is Cc1cc(CNC(=O)c2ccnc3ccccc23)ccc1F. The zero-order valence-electron chi connectivity index (χ0n) is 12.1. The van der Waals surface area contributed by atoms with Gasteiger partial charge >= 0.3 is 0 Å². The number of fused-ring (bicyclic) bond motifs is 1. The van der Waals surface area contributed by atoms with Crippen LogP contribution in [0.2, 0.25) is 0 Å². The van der Waals surface area contributed by atoms with Gasteiger partial charge in [0.15, 0.2) is 0 Å². The van der Waals surface area contributed by atoms with E-state index in [1.807, 2.05) is 24.3 Å². The van der Waals surface area contributed by atoms with Crippen molar-refractivity contribution >= 4 is 16.8 Å². The van der Waals surface area contributed by atoms with Gasteiger partial charge < -0.3 is 5.32 Å². The number of nitrogens with one attached hydrogen (secondary N) is 1. The van der Waals surface area contributed by atoms with Gasteiger partial charge in [0.05, 0.1) is 11.1 Å². The van der Waals surface area contributed by atoms with Crippen LogP contribution in [-0.2, 0) is 6.54 Å². The van der Waals surface area contributed by atoms with Gasteiger partial charge in [0.2, 0.25) is 0 Å². The van der Waals surface area contributed by atoms with Gasteiger partial charge in [-0.25, -0.2) is 4.39 Å². The number of carbonyl (C=O) groups is 1. The maximum Gasteiger partial charge on any atom is 0.252 e. The summed E-state index contributed by atoms with van der Waals surface area (Å²) in [4.78, 5) is 16.6. The molecule has 0 radical (unpaired) electrons. The first-order valence-corrected chi connectivity index (χ1v) is 7.02. The van der Waals surface area contributed by atoms with Gasteiger partial charge in [-0.3, -0.25) is 9.78 Å². The van der Waals surface area contributed by atoms with Crippen LogP contribution >= 0.6 is 0 Å². The monoisotopic (exact) mass is 294 g/mol. The van der Waals surface area contributed by atoms with Crippen molar-refractivity contribution < 1.29 is 9.18 Å². The number of para-hydroxylation sites is 1. The zero-order valence-corrected chi connectivity index (χ0v) is 12.1. The number of aryl methyl sites for hydroxylation is 1. The first-order valence-electron chi connectivity index (χ1n) is 7.02. The molecular formula is C18H15FN2O. The third-order valence-corrected chi connectivity index (χ3v) is 3.57. The number of aromatic nitrogens is 1.